The van der Waals surface area contributed by atoms with E-state index in [-0.39, 0.29) is 30.2 Å². The predicted octanol–water partition coefficient (Wildman–Crippen LogP) is 8.77. The molecule has 1 aliphatic heterocycles. The molecular formula is C34H55NO4. The Balaban J connectivity index is 1.35. The Labute approximate surface area is 237 Å². The van der Waals surface area contributed by atoms with Crippen molar-refractivity contribution in [2.45, 2.75) is 154 Å². The van der Waals surface area contributed by atoms with Gasteiger partial charge in [0.2, 0.25) is 0 Å². The molecule has 1 saturated heterocycles. The lowest BCUT2D eigenvalue weighted by Gasteiger charge is -2.29. The molecule has 2 aromatic rings. The molecule has 0 aliphatic carbocycles. The average molecular weight is 542 g/mol. The van der Waals surface area contributed by atoms with Gasteiger partial charge in [-0.25, -0.2) is 0 Å². The number of ether oxygens (including phenoxy) is 2. The number of aliphatic hydroxyl groups is 1. The Bertz CT molecular complexity index is 1000. The van der Waals surface area contributed by atoms with Crippen LogP contribution < -0.4 is 0 Å². The Morgan fingerprint density at radius 2 is 1.56 bits per heavy atom. The maximum absolute atomic E-state index is 12.5. The maximum atomic E-state index is 12.5. The molecule has 0 saturated carbocycles. The van der Waals surface area contributed by atoms with Gasteiger partial charge in [0.15, 0.2) is 0 Å². The van der Waals surface area contributed by atoms with Gasteiger partial charge in [0.05, 0.1) is 17.3 Å². The van der Waals surface area contributed by atoms with Gasteiger partial charge in [-0.2, -0.15) is 0 Å². The highest BCUT2D eigenvalue weighted by Gasteiger charge is 2.47. The summed E-state index contributed by atoms with van der Waals surface area (Å²) in [5.41, 5.74) is 2.21. The molecule has 0 unspecified atom stereocenters. The first-order valence-electron chi connectivity index (χ1n) is 15.8. The molecule has 5 nitrogen and oxygen atoms in total. The van der Waals surface area contributed by atoms with Crippen LogP contribution in [0, 0.1) is 0 Å². The van der Waals surface area contributed by atoms with Gasteiger partial charge >= 0.3 is 5.97 Å². The number of aromatic amines is 1. The van der Waals surface area contributed by atoms with E-state index in [1.165, 1.54) is 76.2 Å². The van der Waals surface area contributed by atoms with Gasteiger partial charge in [-0.3, -0.25) is 4.79 Å². The second-order valence-electron chi connectivity index (χ2n) is 12.9. The molecule has 39 heavy (non-hydrogen) atoms. The maximum Gasteiger partial charge on any atom is 0.305 e. The van der Waals surface area contributed by atoms with Crippen molar-refractivity contribution < 1.29 is 19.4 Å². The van der Waals surface area contributed by atoms with E-state index in [4.69, 9.17) is 9.47 Å². The highest BCUT2D eigenvalue weighted by Crippen LogP contribution is 2.39. The summed E-state index contributed by atoms with van der Waals surface area (Å²) in [7, 11) is 0. The fourth-order valence-electron chi connectivity index (χ4n) is 5.66. The zero-order valence-electron chi connectivity index (χ0n) is 25.4. The summed E-state index contributed by atoms with van der Waals surface area (Å²) in [6.07, 6.45) is 20.3. The molecular weight excluding hydrogens is 486 g/mol. The van der Waals surface area contributed by atoms with Crippen LogP contribution in [0.15, 0.2) is 24.4 Å². The number of nitrogens with one attached hydrogen (secondary N) is 1. The molecule has 1 aliphatic rings. The standard InChI is InChI=1S/C34H55NO4/c1-6-7-8-9-10-11-12-13-14-15-16-17-18-19-32(36)38-25-29(33(2,3)37)28-24-35-30-22-26(20-21-27(28)30)23-31-34(4,5)39-31/h20-22,24,29,31,35,37H,6-19,23,25H2,1-5H3/t29-,31+/m1/s1. The summed E-state index contributed by atoms with van der Waals surface area (Å²) in [4.78, 5) is 15.9. The molecule has 2 heterocycles. The Morgan fingerprint density at radius 3 is 2.10 bits per heavy atom. The summed E-state index contributed by atoms with van der Waals surface area (Å²) in [6, 6.07) is 6.41. The van der Waals surface area contributed by atoms with Crippen molar-refractivity contribution in [1.29, 1.82) is 0 Å². The minimum absolute atomic E-state index is 0.0291. The summed E-state index contributed by atoms with van der Waals surface area (Å²) in [6.45, 7) is 10.3. The Morgan fingerprint density at radius 1 is 1.00 bits per heavy atom. The van der Waals surface area contributed by atoms with E-state index in [0.29, 0.717) is 6.42 Å². The first kappa shape index (κ1) is 31.7. The van der Waals surface area contributed by atoms with Crippen molar-refractivity contribution in [3.63, 3.8) is 0 Å². The lowest BCUT2D eigenvalue weighted by molar-refractivity contribution is -0.145. The molecule has 0 radical (unpaired) electrons. The van der Waals surface area contributed by atoms with Crippen LogP contribution in [0.1, 0.15) is 142 Å². The number of aromatic nitrogens is 1. The molecule has 0 bridgehead atoms. The second kappa shape index (κ2) is 15.2. The fraction of sp³-hybridized carbons (Fsp3) is 0.735. The van der Waals surface area contributed by atoms with Crippen molar-refractivity contribution in [1.82, 2.24) is 4.98 Å². The average Bonchev–Trinajstić information content (AvgIpc) is 3.27. The van der Waals surface area contributed by atoms with Crippen LogP contribution in [0.3, 0.4) is 0 Å². The number of esters is 1. The molecule has 220 valence electrons. The third-order valence-electron chi connectivity index (χ3n) is 8.49. The predicted molar refractivity (Wildman–Crippen MR) is 161 cm³/mol. The van der Waals surface area contributed by atoms with Gasteiger partial charge in [0, 0.05) is 35.9 Å². The van der Waals surface area contributed by atoms with E-state index in [2.05, 4.69) is 44.0 Å². The van der Waals surface area contributed by atoms with Crippen LogP contribution in [-0.4, -0.2) is 40.0 Å². The smallest absolute Gasteiger partial charge is 0.305 e. The number of H-pyrrole nitrogens is 1. The first-order chi connectivity index (χ1) is 18.6. The lowest BCUT2D eigenvalue weighted by Crippen LogP contribution is -2.33. The first-order valence-corrected chi connectivity index (χ1v) is 15.8. The normalized spacial score (nSPS) is 17.4. The third kappa shape index (κ3) is 10.6. The molecule has 1 aromatic heterocycles. The SMILES string of the molecule is CCCCCCCCCCCCCCCC(=O)OC[C@H](c1c[nH]c2cc(C[C@@H]3OC3(C)C)ccc12)C(C)(C)O. The minimum Gasteiger partial charge on any atom is -0.465 e. The highest BCUT2D eigenvalue weighted by atomic mass is 16.6. The van der Waals surface area contributed by atoms with E-state index >= 15 is 0 Å². The molecule has 2 N–H and O–H groups in total. The number of epoxide rings is 1. The zero-order valence-corrected chi connectivity index (χ0v) is 25.4. The lowest BCUT2D eigenvalue weighted by atomic mass is 9.85. The molecule has 2 atom stereocenters. The fourth-order valence-corrected chi connectivity index (χ4v) is 5.66. The van der Waals surface area contributed by atoms with E-state index in [9.17, 15) is 9.90 Å². The number of benzene rings is 1. The van der Waals surface area contributed by atoms with Crippen LogP contribution >= 0.6 is 0 Å². The van der Waals surface area contributed by atoms with Gasteiger partial charge in [-0.05, 0) is 51.3 Å². The minimum atomic E-state index is -1.02. The number of carbonyl (C=O) groups is 1. The van der Waals surface area contributed by atoms with E-state index in [1.54, 1.807) is 13.8 Å². The summed E-state index contributed by atoms with van der Waals surface area (Å²) < 4.78 is 11.4. The monoisotopic (exact) mass is 541 g/mol. The van der Waals surface area contributed by atoms with Crippen LogP contribution in [-0.2, 0) is 20.7 Å². The van der Waals surface area contributed by atoms with Crippen LogP contribution in [0.4, 0.5) is 0 Å². The van der Waals surface area contributed by atoms with Crippen LogP contribution in [0.25, 0.3) is 10.9 Å². The molecule has 0 amide bonds. The molecule has 1 aromatic carbocycles. The second-order valence-corrected chi connectivity index (χ2v) is 12.9. The van der Waals surface area contributed by atoms with E-state index < -0.39 is 5.60 Å². The molecule has 0 spiro atoms. The van der Waals surface area contributed by atoms with Gasteiger partial charge < -0.3 is 19.6 Å². The van der Waals surface area contributed by atoms with Gasteiger partial charge in [0.25, 0.3) is 0 Å². The summed E-state index contributed by atoms with van der Waals surface area (Å²) in [5, 5.41) is 12.0. The van der Waals surface area contributed by atoms with Crippen molar-refractivity contribution in [2.75, 3.05) is 6.61 Å². The zero-order chi connectivity index (χ0) is 28.3. The topological polar surface area (TPSA) is 74.9 Å². The molecule has 3 rings (SSSR count). The van der Waals surface area contributed by atoms with E-state index in [1.807, 2.05) is 6.20 Å². The molecule has 1 fully saturated rings. The number of unbranched alkanes of at least 4 members (excludes halogenated alkanes) is 12. The number of fused-ring (bicyclic) bond motifs is 1. The van der Waals surface area contributed by atoms with Crippen molar-refractivity contribution in [2.24, 2.45) is 0 Å². The highest BCUT2D eigenvalue weighted by molar-refractivity contribution is 5.84. The van der Waals surface area contributed by atoms with Crippen molar-refractivity contribution in [3.8, 4) is 0 Å². The van der Waals surface area contributed by atoms with Gasteiger partial charge in [-0.1, -0.05) is 96.1 Å². The largest absolute Gasteiger partial charge is 0.465 e. The van der Waals surface area contributed by atoms with Crippen LogP contribution in [0.2, 0.25) is 0 Å². The number of hydrogen-bond acceptors (Lipinski definition) is 4. The van der Waals surface area contributed by atoms with Gasteiger partial charge in [0.1, 0.15) is 6.61 Å². The summed E-state index contributed by atoms with van der Waals surface area (Å²) >= 11 is 0. The van der Waals surface area contributed by atoms with E-state index in [0.717, 1.165) is 35.7 Å². The molecule has 5 heteroatoms. The van der Waals surface area contributed by atoms with Gasteiger partial charge in [-0.15, -0.1) is 0 Å². The van der Waals surface area contributed by atoms with Crippen molar-refractivity contribution in [3.05, 3.63) is 35.5 Å². The number of carbonyl (C=O) groups excluding carboxylic acids is 1. The van der Waals surface area contributed by atoms with Crippen molar-refractivity contribution >= 4 is 16.9 Å². The van der Waals surface area contributed by atoms with Crippen LogP contribution in [0.5, 0.6) is 0 Å². The Hall–Kier alpha value is -1.85. The Kier molecular flexibility index (Phi) is 12.4. The third-order valence-corrected chi connectivity index (χ3v) is 8.49. The number of hydrogen-bond donors (Lipinski definition) is 2. The number of rotatable bonds is 20. The summed E-state index contributed by atoms with van der Waals surface area (Å²) in [5.74, 6) is -0.472. The quantitative estimate of drug-likeness (QED) is 0.0998.